The Morgan fingerprint density at radius 3 is 1.66 bits per heavy atom. The molecule has 0 aromatic heterocycles. The molecule has 1 saturated heterocycles. The summed E-state index contributed by atoms with van der Waals surface area (Å²) in [5.74, 6) is -11.6. The molecule has 1 fully saturated rings. The number of hydrogen-bond donors (Lipinski definition) is 16. The molecule has 1 aliphatic rings. The van der Waals surface area contributed by atoms with E-state index in [1.54, 1.807) is 27.7 Å². The van der Waals surface area contributed by atoms with Crippen molar-refractivity contribution in [1.29, 1.82) is 0 Å². The van der Waals surface area contributed by atoms with Crippen LogP contribution in [0.1, 0.15) is 104 Å². The summed E-state index contributed by atoms with van der Waals surface area (Å²) in [7, 11) is 0. The number of aliphatic carboxylic acids is 2. The van der Waals surface area contributed by atoms with Crippen LogP contribution in [0, 0.1) is 11.8 Å². The standard InChI is InChI=1S/C47H78N12O14.C2H4O2/c1-5-26(4)38(47(72)73)58-40(65)30(12-7-9-19-49)52-45(70)37(25(2)3)57-42(67)32(22-36(51)63)54-43(68)33(23-60)55-44(69)35-13-10-20-59(35)46(71)34(24-61)56-41(66)31(21-27-14-16-28(62)17-15-27)53-39(64)29(50)11-6-8-18-48;1-2(3)4/h14-17,25-26,29-35,37-38,60-62H,5-13,18-24,48-50H2,1-4H3,(H2,51,63)(H,52,70)(H,53,64)(H,54,68)(H,55,69)(H,56,66)(H,57,67)(H,58,65)(H,72,73);1H3,(H,3,4). The van der Waals surface area contributed by atoms with Crippen molar-refractivity contribution < 1.29 is 78.3 Å². The van der Waals surface area contributed by atoms with Gasteiger partial charge in [0.25, 0.3) is 5.97 Å². The first-order valence-electron chi connectivity index (χ1n) is 25.6. The molecule has 0 radical (unpaired) electrons. The molecule has 0 bridgehead atoms. The molecular weight excluding hydrogens is 1010 g/mol. The van der Waals surface area contributed by atoms with Crippen molar-refractivity contribution in [2.24, 2.45) is 34.8 Å². The number of hydrogen-bond acceptors (Lipinski definition) is 17. The van der Waals surface area contributed by atoms with Crippen LogP contribution in [0.4, 0.5) is 0 Å². The van der Waals surface area contributed by atoms with Gasteiger partial charge < -0.3 is 90.6 Å². The van der Waals surface area contributed by atoms with E-state index in [4.69, 9.17) is 32.8 Å². The van der Waals surface area contributed by atoms with Gasteiger partial charge in [-0.15, -0.1) is 0 Å². The summed E-state index contributed by atoms with van der Waals surface area (Å²) in [6.07, 6.45) is 2.16. The highest BCUT2D eigenvalue weighted by Gasteiger charge is 2.41. The molecule has 2 rings (SSSR count). The second-order valence-electron chi connectivity index (χ2n) is 19.0. The first-order valence-corrected chi connectivity index (χ1v) is 25.6. The van der Waals surface area contributed by atoms with Crippen molar-refractivity contribution in [3.63, 3.8) is 0 Å². The number of carbonyl (C=O) groups is 11. The van der Waals surface area contributed by atoms with E-state index in [0.29, 0.717) is 44.2 Å². The summed E-state index contributed by atoms with van der Waals surface area (Å²) in [5.41, 5.74) is 23.2. The van der Waals surface area contributed by atoms with E-state index in [0.717, 1.165) is 11.8 Å². The zero-order valence-electron chi connectivity index (χ0n) is 44.5. The lowest BCUT2D eigenvalue weighted by molar-refractivity contribution is -0.144. The molecule has 28 nitrogen and oxygen atoms in total. The molecule has 1 aliphatic heterocycles. The van der Waals surface area contributed by atoms with Gasteiger partial charge >= 0.3 is 5.97 Å². The third-order valence-electron chi connectivity index (χ3n) is 12.4. The van der Waals surface area contributed by atoms with Crippen LogP contribution in [0.3, 0.4) is 0 Å². The van der Waals surface area contributed by atoms with E-state index in [-0.39, 0.29) is 50.9 Å². The second kappa shape index (κ2) is 35.3. The molecular formula is C49H82N12O16. The van der Waals surface area contributed by atoms with Crippen LogP contribution in [0.15, 0.2) is 24.3 Å². The monoisotopic (exact) mass is 1090 g/mol. The van der Waals surface area contributed by atoms with Crippen LogP contribution in [0.5, 0.6) is 5.75 Å². The van der Waals surface area contributed by atoms with Crippen molar-refractivity contribution in [1.82, 2.24) is 42.1 Å². The van der Waals surface area contributed by atoms with Gasteiger partial charge in [0.05, 0.1) is 25.7 Å². The number of phenolic OH excluding ortho intramolecular Hbond substituents is 1. The minimum absolute atomic E-state index is 0.0317. The van der Waals surface area contributed by atoms with E-state index in [1.807, 2.05) is 0 Å². The lowest BCUT2D eigenvalue weighted by Crippen LogP contribution is -2.62. The first-order chi connectivity index (χ1) is 36.3. The molecule has 28 heteroatoms. The molecule has 0 saturated carbocycles. The third-order valence-corrected chi connectivity index (χ3v) is 12.4. The summed E-state index contributed by atoms with van der Waals surface area (Å²) in [6.45, 7) is 6.25. The molecule has 1 aromatic carbocycles. The quantitative estimate of drug-likeness (QED) is 0.0296. The van der Waals surface area contributed by atoms with Gasteiger partial charge in [0.1, 0.15) is 54.1 Å². The highest BCUT2D eigenvalue weighted by molar-refractivity contribution is 5.99. The Morgan fingerprint density at radius 2 is 1.14 bits per heavy atom. The van der Waals surface area contributed by atoms with Crippen LogP contribution in [0.25, 0.3) is 0 Å². The smallest absolute Gasteiger partial charge is 0.326 e. The third kappa shape index (κ3) is 24.3. The maximum absolute atomic E-state index is 13.9. The minimum Gasteiger partial charge on any atom is -0.508 e. The van der Waals surface area contributed by atoms with Gasteiger partial charge in [-0.05, 0) is 87.6 Å². The summed E-state index contributed by atoms with van der Waals surface area (Å²) in [4.78, 5) is 143. The Balaban J connectivity index is 0.00000714. The largest absolute Gasteiger partial charge is 0.508 e. The number of carboxylic acid groups (broad SMARTS) is 2. The topological polar surface area (TPSA) is 480 Å². The number of likely N-dealkylation sites (tertiary alicyclic amines) is 1. The van der Waals surface area contributed by atoms with Crippen LogP contribution < -0.4 is 60.2 Å². The van der Waals surface area contributed by atoms with E-state index < -0.39 is 151 Å². The fourth-order valence-electron chi connectivity index (χ4n) is 7.85. The fourth-order valence-corrected chi connectivity index (χ4v) is 7.85. The van der Waals surface area contributed by atoms with Crippen molar-refractivity contribution in [2.45, 2.75) is 160 Å². The zero-order valence-corrected chi connectivity index (χ0v) is 44.5. The lowest BCUT2D eigenvalue weighted by Gasteiger charge is -2.30. The summed E-state index contributed by atoms with van der Waals surface area (Å²) in [5, 5.41) is 64.6. The number of carboxylic acids is 2. The van der Waals surface area contributed by atoms with E-state index >= 15 is 0 Å². The Labute approximate surface area is 447 Å². The number of unbranched alkanes of at least 4 members (excludes halogenated alkanes) is 2. The zero-order chi connectivity index (χ0) is 58.5. The first kappa shape index (κ1) is 68.0. The van der Waals surface area contributed by atoms with Crippen LogP contribution >= 0.6 is 0 Å². The number of phenols is 1. The predicted octanol–water partition coefficient (Wildman–Crippen LogP) is -4.36. The number of aliphatic hydroxyl groups excluding tert-OH is 2. The summed E-state index contributed by atoms with van der Waals surface area (Å²) >= 11 is 0. The number of primary amides is 1. The van der Waals surface area contributed by atoms with Crippen molar-refractivity contribution in [3.8, 4) is 5.75 Å². The van der Waals surface area contributed by atoms with E-state index in [9.17, 15) is 68.4 Å². The summed E-state index contributed by atoms with van der Waals surface area (Å²) < 4.78 is 0. The maximum atomic E-state index is 13.9. The normalized spacial score (nSPS) is 16.5. The molecule has 0 spiro atoms. The number of rotatable bonds is 33. The number of aromatic hydroxyl groups is 1. The van der Waals surface area contributed by atoms with Crippen molar-refractivity contribution in [3.05, 3.63) is 29.8 Å². The van der Waals surface area contributed by atoms with E-state index in [1.165, 1.54) is 24.3 Å². The number of amides is 9. The lowest BCUT2D eigenvalue weighted by atomic mass is 9.98. The van der Waals surface area contributed by atoms with Gasteiger partial charge in [-0.25, -0.2) is 4.79 Å². The number of nitrogens with zero attached hydrogens (tertiary/aromatic N) is 1. The number of benzene rings is 1. The minimum atomic E-state index is -1.78. The van der Waals surface area contributed by atoms with Crippen molar-refractivity contribution in [2.75, 3.05) is 32.8 Å². The Hall–Kier alpha value is -7.01. The highest BCUT2D eigenvalue weighted by Crippen LogP contribution is 2.20. The molecule has 20 N–H and O–H groups in total. The number of nitrogens with two attached hydrogens (primary N) is 4. The molecule has 10 unspecified atom stereocenters. The molecule has 434 valence electrons. The average Bonchev–Trinajstić information content (AvgIpc) is 3.87. The van der Waals surface area contributed by atoms with Gasteiger partial charge in [0.15, 0.2) is 0 Å². The van der Waals surface area contributed by atoms with Crippen molar-refractivity contribution >= 4 is 65.1 Å². The van der Waals surface area contributed by atoms with Gasteiger partial charge in [-0.1, -0.05) is 52.7 Å². The maximum Gasteiger partial charge on any atom is 0.326 e. The highest BCUT2D eigenvalue weighted by atomic mass is 16.4. The number of carbonyl (C=O) groups excluding carboxylic acids is 9. The molecule has 10 atom stereocenters. The molecule has 77 heavy (non-hydrogen) atoms. The Morgan fingerprint density at radius 1 is 0.649 bits per heavy atom. The summed E-state index contributed by atoms with van der Waals surface area (Å²) in [6, 6.07) is -6.88. The molecule has 1 heterocycles. The second-order valence-corrected chi connectivity index (χ2v) is 19.0. The van der Waals surface area contributed by atoms with Gasteiger partial charge in [0.2, 0.25) is 53.2 Å². The molecule has 1 aromatic rings. The van der Waals surface area contributed by atoms with Gasteiger partial charge in [-0.3, -0.25) is 47.9 Å². The average molecular weight is 1100 g/mol. The number of aliphatic hydroxyl groups is 2. The van der Waals surface area contributed by atoms with Crippen LogP contribution in [-0.2, 0) is 59.2 Å². The van der Waals surface area contributed by atoms with Gasteiger partial charge in [0, 0.05) is 19.9 Å². The Kier molecular flexibility index (Phi) is 31.2. The fraction of sp³-hybridized carbons (Fsp3) is 0.653. The molecule has 0 aliphatic carbocycles. The van der Waals surface area contributed by atoms with Gasteiger partial charge in [-0.2, -0.15) is 0 Å². The Bertz CT molecular complexity index is 2130. The van der Waals surface area contributed by atoms with Crippen LogP contribution in [-0.4, -0.2) is 183 Å². The van der Waals surface area contributed by atoms with E-state index in [2.05, 4.69) is 37.2 Å². The number of nitrogens with one attached hydrogen (secondary N) is 7. The van der Waals surface area contributed by atoms with Crippen LogP contribution in [0.2, 0.25) is 0 Å². The predicted molar refractivity (Wildman–Crippen MR) is 277 cm³/mol. The molecule has 9 amide bonds. The SMILES string of the molecule is CC(=O)O.CCC(C)C(NC(=O)C(CCCCN)NC(=O)C(NC(=O)C(CC(N)=O)NC(=O)C(CO)NC(=O)C1CCCN1C(=O)C(CO)NC(=O)C(Cc1ccc(O)cc1)NC(=O)C(N)CCCCN)C(C)C)C(=O)O.